The third kappa shape index (κ3) is 3.42. The minimum Gasteiger partial charge on any atom is -0.331 e. The standard InChI is InChI=1S/C20H26N6/c1-15-8-16(2)19(9-18(15)12-26-14-21-13-23-26)20-22-5-7-25(20)11-17-4-6-24(3)10-17/h5,7-9,13-14,17H,4,6,10-12H2,1-3H3. The molecule has 3 heterocycles. The van der Waals surface area contributed by atoms with Crippen LogP contribution in [0.15, 0.2) is 37.2 Å². The molecule has 0 aliphatic carbocycles. The summed E-state index contributed by atoms with van der Waals surface area (Å²) in [6.07, 6.45) is 8.64. The van der Waals surface area contributed by atoms with E-state index in [-0.39, 0.29) is 0 Å². The van der Waals surface area contributed by atoms with Gasteiger partial charge in [0.05, 0.1) is 6.54 Å². The Hall–Kier alpha value is -2.47. The fourth-order valence-corrected chi connectivity index (χ4v) is 3.95. The summed E-state index contributed by atoms with van der Waals surface area (Å²) in [5.41, 5.74) is 5.01. The average Bonchev–Trinajstić information content (AvgIpc) is 3.34. The maximum Gasteiger partial charge on any atom is 0.140 e. The highest BCUT2D eigenvalue weighted by Gasteiger charge is 2.21. The summed E-state index contributed by atoms with van der Waals surface area (Å²) in [5, 5.41) is 4.24. The van der Waals surface area contributed by atoms with Gasteiger partial charge in [-0.05, 0) is 62.5 Å². The van der Waals surface area contributed by atoms with Crippen LogP contribution in [0.5, 0.6) is 0 Å². The molecule has 1 atom stereocenters. The topological polar surface area (TPSA) is 51.8 Å². The fraction of sp³-hybridized carbons (Fsp3) is 0.450. The monoisotopic (exact) mass is 350 g/mol. The second kappa shape index (κ2) is 7.03. The van der Waals surface area contributed by atoms with Crippen LogP contribution < -0.4 is 0 Å². The largest absolute Gasteiger partial charge is 0.331 e. The van der Waals surface area contributed by atoms with Crippen molar-refractivity contribution in [3.05, 3.63) is 53.9 Å². The highest BCUT2D eigenvalue weighted by molar-refractivity contribution is 5.63. The minimum atomic E-state index is 0.702. The number of hydrogen-bond donors (Lipinski definition) is 0. The SMILES string of the molecule is Cc1cc(C)c(-c2nccn2CC2CCN(C)C2)cc1Cn1cncn1. The van der Waals surface area contributed by atoms with Gasteiger partial charge in [-0.2, -0.15) is 5.10 Å². The number of imidazole rings is 1. The van der Waals surface area contributed by atoms with Gasteiger partial charge in [0.2, 0.25) is 0 Å². The van der Waals surface area contributed by atoms with Crippen LogP contribution in [0.1, 0.15) is 23.1 Å². The zero-order valence-electron chi connectivity index (χ0n) is 15.8. The Bertz CT molecular complexity index is 880. The van der Waals surface area contributed by atoms with Crippen molar-refractivity contribution in [1.82, 2.24) is 29.2 Å². The molecule has 26 heavy (non-hydrogen) atoms. The molecular weight excluding hydrogens is 324 g/mol. The van der Waals surface area contributed by atoms with E-state index in [9.17, 15) is 0 Å². The molecule has 1 fully saturated rings. The van der Waals surface area contributed by atoms with E-state index in [0.29, 0.717) is 5.92 Å². The molecule has 1 saturated heterocycles. The summed E-state index contributed by atoms with van der Waals surface area (Å²) in [4.78, 5) is 11.1. The number of hydrogen-bond acceptors (Lipinski definition) is 4. The van der Waals surface area contributed by atoms with Crippen LogP contribution in [0.3, 0.4) is 0 Å². The summed E-state index contributed by atoms with van der Waals surface area (Å²) in [5.74, 6) is 1.77. The summed E-state index contributed by atoms with van der Waals surface area (Å²) < 4.78 is 4.18. The van der Waals surface area contributed by atoms with Crippen LogP contribution in [-0.2, 0) is 13.1 Å². The van der Waals surface area contributed by atoms with Gasteiger partial charge in [-0.15, -0.1) is 0 Å². The van der Waals surface area contributed by atoms with Crippen molar-refractivity contribution in [2.45, 2.75) is 33.4 Å². The quantitative estimate of drug-likeness (QED) is 0.710. The van der Waals surface area contributed by atoms with E-state index in [1.807, 2.05) is 10.9 Å². The lowest BCUT2D eigenvalue weighted by Crippen LogP contribution is -2.17. The highest BCUT2D eigenvalue weighted by Crippen LogP contribution is 2.27. The van der Waals surface area contributed by atoms with Gasteiger partial charge < -0.3 is 9.47 Å². The summed E-state index contributed by atoms with van der Waals surface area (Å²) in [6.45, 7) is 8.45. The Morgan fingerprint density at radius 3 is 2.81 bits per heavy atom. The molecular formula is C20H26N6. The number of nitrogens with zero attached hydrogens (tertiary/aromatic N) is 6. The molecule has 0 bridgehead atoms. The van der Waals surface area contributed by atoms with Crippen LogP contribution in [0, 0.1) is 19.8 Å². The van der Waals surface area contributed by atoms with Gasteiger partial charge in [-0.25, -0.2) is 14.6 Å². The number of aryl methyl sites for hydroxylation is 2. The molecule has 2 aromatic heterocycles. The first-order chi connectivity index (χ1) is 12.6. The Morgan fingerprint density at radius 2 is 2.08 bits per heavy atom. The Kier molecular flexibility index (Phi) is 4.59. The Labute approximate surface area is 154 Å². The van der Waals surface area contributed by atoms with E-state index < -0.39 is 0 Å². The van der Waals surface area contributed by atoms with E-state index >= 15 is 0 Å². The third-order valence-corrected chi connectivity index (χ3v) is 5.38. The molecule has 136 valence electrons. The first-order valence-electron chi connectivity index (χ1n) is 9.22. The normalized spacial score (nSPS) is 17.9. The summed E-state index contributed by atoms with van der Waals surface area (Å²) >= 11 is 0. The number of aromatic nitrogens is 5. The van der Waals surface area contributed by atoms with E-state index in [2.05, 4.69) is 58.8 Å². The van der Waals surface area contributed by atoms with Gasteiger partial charge in [-0.3, -0.25) is 0 Å². The highest BCUT2D eigenvalue weighted by atomic mass is 15.3. The maximum atomic E-state index is 4.69. The van der Waals surface area contributed by atoms with Crippen LogP contribution >= 0.6 is 0 Å². The van der Waals surface area contributed by atoms with Crippen molar-refractivity contribution in [1.29, 1.82) is 0 Å². The molecule has 1 unspecified atom stereocenters. The molecule has 1 aliphatic rings. The van der Waals surface area contributed by atoms with Crippen LogP contribution in [0.2, 0.25) is 0 Å². The lowest BCUT2D eigenvalue weighted by Gasteiger charge is -2.16. The molecule has 3 aromatic rings. The number of likely N-dealkylation sites (tertiary alicyclic amines) is 1. The van der Waals surface area contributed by atoms with Crippen molar-refractivity contribution >= 4 is 0 Å². The van der Waals surface area contributed by atoms with Gasteiger partial charge in [0, 0.05) is 31.0 Å². The second-order valence-corrected chi connectivity index (χ2v) is 7.51. The Balaban J connectivity index is 1.64. The average molecular weight is 350 g/mol. The van der Waals surface area contributed by atoms with E-state index in [1.165, 1.54) is 41.8 Å². The summed E-state index contributed by atoms with van der Waals surface area (Å²) in [6, 6.07) is 4.52. The maximum absolute atomic E-state index is 4.69. The molecule has 6 nitrogen and oxygen atoms in total. The van der Waals surface area contributed by atoms with Gasteiger partial charge in [0.25, 0.3) is 0 Å². The third-order valence-electron chi connectivity index (χ3n) is 5.38. The number of benzene rings is 1. The minimum absolute atomic E-state index is 0.702. The van der Waals surface area contributed by atoms with Crippen LogP contribution in [0.25, 0.3) is 11.4 Å². The molecule has 1 aliphatic heterocycles. The lowest BCUT2D eigenvalue weighted by molar-refractivity contribution is 0.378. The van der Waals surface area contributed by atoms with E-state index in [0.717, 1.165) is 18.9 Å². The number of rotatable bonds is 5. The van der Waals surface area contributed by atoms with Crippen molar-refractivity contribution < 1.29 is 0 Å². The van der Waals surface area contributed by atoms with Crippen molar-refractivity contribution in [3.63, 3.8) is 0 Å². The molecule has 0 saturated carbocycles. The van der Waals surface area contributed by atoms with Crippen LogP contribution in [0.4, 0.5) is 0 Å². The smallest absolute Gasteiger partial charge is 0.140 e. The first kappa shape index (κ1) is 17.0. The van der Waals surface area contributed by atoms with Gasteiger partial charge in [0.15, 0.2) is 0 Å². The van der Waals surface area contributed by atoms with Gasteiger partial charge in [0.1, 0.15) is 18.5 Å². The molecule has 0 amide bonds. The van der Waals surface area contributed by atoms with E-state index in [1.54, 1.807) is 12.7 Å². The van der Waals surface area contributed by atoms with Gasteiger partial charge >= 0.3 is 0 Å². The van der Waals surface area contributed by atoms with Crippen molar-refractivity contribution in [2.24, 2.45) is 5.92 Å². The lowest BCUT2D eigenvalue weighted by atomic mass is 9.99. The zero-order valence-corrected chi connectivity index (χ0v) is 15.8. The molecule has 0 N–H and O–H groups in total. The van der Waals surface area contributed by atoms with E-state index in [4.69, 9.17) is 4.98 Å². The second-order valence-electron chi connectivity index (χ2n) is 7.51. The molecule has 0 radical (unpaired) electrons. The zero-order chi connectivity index (χ0) is 18.1. The van der Waals surface area contributed by atoms with Crippen molar-refractivity contribution in [2.75, 3.05) is 20.1 Å². The summed E-state index contributed by atoms with van der Waals surface area (Å²) in [7, 11) is 2.20. The molecule has 0 spiro atoms. The molecule has 4 rings (SSSR count). The predicted octanol–water partition coefficient (Wildman–Crippen LogP) is 2.76. The van der Waals surface area contributed by atoms with Gasteiger partial charge in [-0.1, -0.05) is 6.07 Å². The molecule has 1 aromatic carbocycles. The van der Waals surface area contributed by atoms with Crippen LogP contribution in [-0.4, -0.2) is 49.4 Å². The van der Waals surface area contributed by atoms with Crippen molar-refractivity contribution in [3.8, 4) is 11.4 Å². The molecule has 6 heteroatoms. The predicted molar refractivity (Wildman–Crippen MR) is 102 cm³/mol. The fourth-order valence-electron chi connectivity index (χ4n) is 3.95. The Morgan fingerprint density at radius 1 is 1.19 bits per heavy atom. The first-order valence-corrected chi connectivity index (χ1v) is 9.22.